The van der Waals surface area contributed by atoms with E-state index in [9.17, 15) is 0 Å². The maximum atomic E-state index is 5.48. The number of nitrogens with zero attached hydrogens (tertiary/aromatic N) is 5. The van der Waals surface area contributed by atoms with Crippen LogP contribution in [-0.2, 0) is 0 Å². The monoisotopic (exact) mass is 787 g/mol. The lowest BCUT2D eigenvalue weighted by atomic mass is 10.1. The van der Waals surface area contributed by atoms with Crippen LogP contribution in [0.3, 0.4) is 0 Å². The Hall–Kier alpha value is -7.41. The number of rotatable bonds is 7. The van der Waals surface area contributed by atoms with Gasteiger partial charge in [0.15, 0.2) is 13.9 Å². The molecule has 11 rings (SSSR count). The average molecular weight is 788 g/mol. The fourth-order valence-electron chi connectivity index (χ4n) is 9.48. The summed E-state index contributed by atoms with van der Waals surface area (Å²) in [6.45, 7) is 6.49. The molecule has 60 heavy (non-hydrogen) atoms. The summed E-state index contributed by atoms with van der Waals surface area (Å²) in [7, 11) is -2.87. The predicted octanol–water partition coefficient (Wildman–Crippen LogP) is 10.0. The lowest BCUT2D eigenvalue weighted by Crippen LogP contribution is -2.74. The number of aromatic nitrogens is 5. The van der Waals surface area contributed by atoms with Gasteiger partial charge >= 0.3 is 0 Å². The van der Waals surface area contributed by atoms with Crippen molar-refractivity contribution in [1.29, 1.82) is 0 Å². The molecule has 0 fully saturated rings. The smallest absolute Gasteiger partial charge is 0.240 e. The molecule has 0 N–H and O–H groups in total. The van der Waals surface area contributed by atoms with Crippen molar-refractivity contribution < 1.29 is 0 Å². The Kier molecular flexibility index (Phi) is 8.43. The van der Waals surface area contributed by atoms with E-state index in [2.05, 4.69) is 224 Å². The zero-order valence-electron chi connectivity index (χ0n) is 33.7. The molecule has 3 aromatic heterocycles. The molecule has 0 amide bonds. The molecule has 5 nitrogen and oxygen atoms in total. The summed E-state index contributed by atoms with van der Waals surface area (Å²) in [5.74, 6) is 1.76. The van der Waals surface area contributed by atoms with Crippen LogP contribution >= 0.6 is 0 Å². The van der Waals surface area contributed by atoms with Crippen molar-refractivity contribution in [2.45, 2.75) is 20.8 Å². The Labute approximate surface area is 349 Å². The van der Waals surface area contributed by atoms with Crippen LogP contribution < -0.4 is 20.7 Å². The van der Waals surface area contributed by atoms with Gasteiger partial charge in [-0.3, -0.25) is 9.13 Å². The normalized spacial score (nSPS) is 11.9. The quantitative estimate of drug-likeness (QED) is 0.119. The molecule has 0 bridgehead atoms. The van der Waals surface area contributed by atoms with Crippen molar-refractivity contribution in [3.63, 3.8) is 0 Å². The Bertz CT molecular complexity index is 3170. The molecule has 0 aliphatic carbocycles. The van der Waals surface area contributed by atoms with E-state index < -0.39 is 8.07 Å². The van der Waals surface area contributed by atoms with Crippen molar-refractivity contribution in [1.82, 2.24) is 24.1 Å². The highest BCUT2D eigenvalue weighted by molar-refractivity contribution is 7.19. The molecular formula is C54H41N5Si. The molecule has 3 heterocycles. The van der Waals surface area contributed by atoms with Crippen LogP contribution in [0.25, 0.3) is 66.9 Å². The van der Waals surface area contributed by atoms with Gasteiger partial charge in [0.1, 0.15) is 0 Å². The molecule has 0 saturated carbocycles. The highest BCUT2D eigenvalue weighted by atomic mass is 28.3. The van der Waals surface area contributed by atoms with Gasteiger partial charge in [-0.05, 0) is 84.0 Å². The molecule has 0 aliphatic rings. The van der Waals surface area contributed by atoms with E-state index in [4.69, 9.17) is 15.0 Å². The van der Waals surface area contributed by atoms with Crippen LogP contribution in [0.5, 0.6) is 0 Å². The van der Waals surface area contributed by atoms with E-state index in [-0.39, 0.29) is 0 Å². The third-order valence-electron chi connectivity index (χ3n) is 12.1. The summed E-state index contributed by atoms with van der Waals surface area (Å²) in [6.07, 6.45) is 0. The van der Waals surface area contributed by atoms with Gasteiger partial charge in [0, 0.05) is 27.1 Å². The highest BCUT2D eigenvalue weighted by Gasteiger charge is 2.41. The van der Waals surface area contributed by atoms with Crippen LogP contribution in [0, 0.1) is 20.8 Å². The second kappa shape index (κ2) is 14.2. The second-order valence-electron chi connectivity index (χ2n) is 15.9. The molecule has 0 atom stereocenters. The van der Waals surface area contributed by atoms with E-state index in [1.807, 2.05) is 0 Å². The van der Waals surface area contributed by atoms with Gasteiger partial charge < -0.3 is 0 Å². The van der Waals surface area contributed by atoms with Gasteiger partial charge in [0.2, 0.25) is 11.9 Å². The van der Waals surface area contributed by atoms with Crippen LogP contribution in [0.15, 0.2) is 194 Å². The zero-order valence-corrected chi connectivity index (χ0v) is 34.7. The first-order chi connectivity index (χ1) is 29.5. The molecule has 0 radical (unpaired) electrons. The van der Waals surface area contributed by atoms with Gasteiger partial charge in [0.05, 0.1) is 22.1 Å². The minimum atomic E-state index is -2.87. The molecule has 0 spiro atoms. The number of aryl methyl sites for hydroxylation is 3. The largest absolute Gasteiger partial charge is 0.278 e. The van der Waals surface area contributed by atoms with Gasteiger partial charge in [-0.25, -0.2) is 0 Å². The number of hydrogen-bond acceptors (Lipinski definition) is 3. The summed E-state index contributed by atoms with van der Waals surface area (Å²) in [5.41, 5.74) is 8.71. The SMILES string of the molecule is Cc1cc(-c2nc(-n3c4ccccc4c4cc(C)ccc43)nc(-n3c4ccccc4c4cc(C)ccc43)n2)cc([Si](c2ccccc2)(c2ccccc2)c2ccccc2)c1. The average Bonchev–Trinajstić information content (AvgIpc) is 3.79. The number of para-hydroxylation sites is 2. The van der Waals surface area contributed by atoms with E-state index in [1.165, 1.54) is 42.6 Å². The summed E-state index contributed by atoms with van der Waals surface area (Å²) < 4.78 is 4.43. The van der Waals surface area contributed by atoms with Gasteiger partial charge in [-0.2, -0.15) is 15.0 Å². The highest BCUT2D eigenvalue weighted by Crippen LogP contribution is 2.35. The number of hydrogen-bond donors (Lipinski definition) is 0. The van der Waals surface area contributed by atoms with E-state index in [0.29, 0.717) is 17.7 Å². The van der Waals surface area contributed by atoms with Gasteiger partial charge in [0.25, 0.3) is 0 Å². The van der Waals surface area contributed by atoms with E-state index in [1.54, 1.807) is 0 Å². The fourth-order valence-corrected chi connectivity index (χ4v) is 14.4. The zero-order chi connectivity index (χ0) is 40.4. The fraction of sp³-hybridized carbons (Fsp3) is 0.0556. The summed E-state index contributed by atoms with van der Waals surface area (Å²) >= 11 is 0. The number of benzene rings is 8. The van der Waals surface area contributed by atoms with Crippen molar-refractivity contribution in [2.75, 3.05) is 0 Å². The third-order valence-corrected chi connectivity index (χ3v) is 16.8. The Morgan fingerprint density at radius 3 is 1.22 bits per heavy atom. The van der Waals surface area contributed by atoms with Crippen LogP contribution in [-0.4, -0.2) is 32.2 Å². The first-order valence-electron chi connectivity index (χ1n) is 20.5. The van der Waals surface area contributed by atoms with Crippen molar-refractivity contribution in [2.24, 2.45) is 0 Å². The van der Waals surface area contributed by atoms with E-state index in [0.717, 1.165) is 44.0 Å². The number of fused-ring (bicyclic) bond motifs is 6. The Morgan fingerprint density at radius 1 is 0.333 bits per heavy atom. The van der Waals surface area contributed by atoms with Crippen LogP contribution in [0.2, 0.25) is 0 Å². The Morgan fingerprint density at radius 2 is 0.750 bits per heavy atom. The minimum Gasteiger partial charge on any atom is -0.278 e. The van der Waals surface area contributed by atoms with Gasteiger partial charge in [-0.1, -0.05) is 168 Å². The lowest BCUT2D eigenvalue weighted by Gasteiger charge is -2.35. The summed E-state index contributed by atoms with van der Waals surface area (Å²) in [4.78, 5) is 16.4. The topological polar surface area (TPSA) is 48.5 Å². The second-order valence-corrected chi connectivity index (χ2v) is 19.8. The maximum Gasteiger partial charge on any atom is 0.240 e. The molecule has 0 aliphatic heterocycles. The first kappa shape index (κ1) is 35.7. The van der Waals surface area contributed by atoms with Crippen LogP contribution in [0.1, 0.15) is 16.7 Å². The van der Waals surface area contributed by atoms with Crippen molar-refractivity contribution in [3.8, 4) is 23.3 Å². The molecule has 6 heteroatoms. The molecule has 286 valence electrons. The van der Waals surface area contributed by atoms with Crippen molar-refractivity contribution >= 4 is 72.4 Å². The molecule has 11 aromatic rings. The predicted molar refractivity (Wildman–Crippen MR) is 252 cm³/mol. The van der Waals surface area contributed by atoms with E-state index >= 15 is 0 Å². The summed E-state index contributed by atoms with van der Waals surface area (Å²) in [6, 6.07) is 70.6. The molecule has 8 aromatic carbocycles. The summed E-state index contributed by atoms with van der Waals surface area (Å²) in [5, 5.41) is 9.88. The van der Waals surface area contributed by atoms with Crippen LogP contribution in [0.4, 0.5) is 0 Å². The standard InChI is InChI=1S/C54H41N5Si/c1-36-27-29-50-46(33-36)44-23-13-15-25-48(44)58(50)53-55-52(56-54(57-53)59-49-26-16-14-24-45(49)47-34-37(2)28-30-51(47)59)39-31-38(3)32-43(35-39)60(40-17-7-4-8-18-40,41-19-9-5-10-20-41)42-21-11-6-12-22-42/h4-35H,1-3H3. The maximum absolute atomic E-state index is 5.48. The molecule has 0 saturated heterocycles. The Balaban J connectivity index is 1.24. The first-order valence-corrected chi connectivity index (χ1v) is 22.5. The third kappa shape index (κ3) is 5.63. The minimum absolute atomic E-state index is 0.573. The molecular weight excluding hydrogens is 747 g/mol. The van der Waals surface area contributed by atoms with Gasteiger partial charge in [-0.15, -0.1) is 0 Å². The lowest BCUT2D eigenvalue weighted by molar-refractivity contribution is 0.892. The van der Waals surface area contributed by atoms with Crippen molar-refractivity contribution in [3.05, 3.63) is 211 Å². The molecule has 0 unspecified atom stereocenters.